The molecule has 3 nitrogen and oxygen atoms in total. The minimum Gasteiger partial charge on any atom is -0.475 e. The average molecular weight is 337 g/mol. The highest BCUT2D eigenvalue weighted by molar-refractivity contribution is 7.10. The van der Waals surface area contributed by atoms with Crippen LogP contribution < -0.4 is 0 Å². The van der Waals surface area contributed by atoms with Gasteiger partial charge in [0, 0.05) is 0 Å². The van der Waals surface area contributed by atoms with E-state index in [2.05, 4.69) is 17.1 Å². The number of aliphatic hydroxyl groups is 1. The van der Waals surface area contributed by atoms with E-state index in [0.717, 1.165) is 26.8 Å². The number of rotatable bonds is 3. The van der Waals surface area contributed by atoms with Crippen molar-refractivity contribution in [3.63, 3.8) is 0 Å². The van der Waals surface area contributed by atoms with E-state index in [9.17, 15) is 5.11 Å². The smallest absolute Gasteiger partial charge is 0.218 e. The van der Waals surface area contributed by atoms with Gasteiger partial charge >= 0.3 is 0 Å². The lowest BCUT2D eigenvalue weighted by Crippen LogP contribution is -2.17. The van der Waals surface area contributed by atoms with Crippen LogP contribution in [0.4, 0.5) is 0 Å². The van der Waals surface area contributed by atoms with Gasteiger partial charge in [0.15, 0.2) is 0 Å². The molecule has 1 N–H and O–H groups in total. The molecule has 0 radical (unpaired) electrons. The molecule has 0 amide bonds. The first-order valence-corrected chi connectivity index (χ1v) is 8.89. The zero-order chi connectivity index (χ0) is 16.7. The highest BCUT2D eigenvalue weighted by Gasteiger charge is 2.30. The Hall–Kier alpha value is -2.17. The maximum absolute atomic E-state index is 11.0. The zero-order valence-corrected chi connectivity index (χ0v) is 14.5. The second-order valence-electron chi connectivity index (χ2n) is 6.69. The largest absolute Gasteiger partial charge is 0.475 e. The second-order valence-corrected chi connectivity index (χ2v) is 7.64. The van der Waals surface area contributed by atoms with Crippen LogP contribution in [0.25, 0.3) is 10.8 Å². The first kappa shape index (κ1) is 15.4. The monoisotopic (exact) mass is 337 g/mol. The fourth-order valence-corrected chi connectivity index (χ4v) is 3.95. The van der Waals surface area contributed by atoms with Crippen molar-refractivity contribution in [1.82, 2.24) is 0 Å². The van der Waals surface area contributed by atoms with Crippen LogP contribution in [0.15, 0.2) is 58.9 Å². The first-order valence-electron chi connectivity index (χ1n) is 8.01. The number of fused-ring (bicyclic) bond motifs is 1. The van der Waals surface area contributed by atoms with E-state index in [0.29, 0.717) is 12.5 Å². The van der Waals surface area contributed by atoms with E-state index in [4.69, 9.17) is 4.74 Å². The van der Waals surface area contributed by atoms with Gasteiger partial charge in [-0.15, -0.1) is 11.3 Å². The van der Waals surface area contributed by atoms with Crippen LogP contribution in [0.1, 0.15) is 36.0 Å². The molecule has 1 unspecified atom stereocenters. The van der Waals surface area contributed by atoms with E-state index >= 15 is 0 Å². The molecule has 2 aromatic carbocycles. The summed E-state index contributed by atoms with van der Waals surface area (Å²) in [5.41, 5.74) is 1.60. The minimum absolute atomic E-state index is 0.209. The zero-order valence-electron chi connectivity index (χ0n) is 13.7. The van der Waals surface area contributed by atoms with E-state index in [1.165, 1.54) is 11.3 Å². The van der Waals surface area contributed by atoms with Crippen molar-refractivity contribution >= 4 is 28.0 Å². The lowest BCUT2D eigenvalue weighted by atomic mass is 9.98. The number of aliphatic imine (C=N–C) groups is 1. The molecule has 1 atom stereocenters. The maximum atomic E-state index is 11.0. The Morgan fingerprint density at radius 1 is 1.12 bits per heavy atom. The molecule has 0 saturated heterocycles. The van der Waals surface area contributed by atoms with Gasteiger partial charge in [0.1, 0.15) is 12.7 Å². The van der Waals surface area contributed by atoms with Crippen LogP contribution in [0.5, 0.6) is 0 Å². The Morgan fingerprint density at radius 2 is 1.92 bits per heavy atom. The Kier molecular flexibility index (Phi) is 3.66. The third kappa shape index (κ3) is 2.62. The summed E-state index contributed by atoms with van der Waals surface area (Å²) < 4.78 is 5.77. The first-order chi connectivity index (χ1) is 11.6. The predicted molar refractivity (Wildman–Crippen MR) is 98.9 cm³/mol. The van der Waals surface area contributed by atoms with Crippen molar-refractivity contribution in [2.45, 2.75) is 25.5 Å². The van der Waals surface area contributed by atoms with E-state index in [1.54, 1.807) is 0 Å². The van der Waals surface area contributed by atoms with Crippen LogP contribution >= 0.6 is 11.3 Å². The Morgan fingerprint density at radius 3 is 2.71 bits per heavy atom. The molecule has 24 heavy (non-hydrogen) atoms. The lowest BCUT2D eigenvalue weighted by molar-refractivity contribution is 0.224. The summed E-state index contributed by atoms with van der Waals surface area (Å²) in [6.07, 6.45) is -0.693. The van der Waals surface area contributed by atoms with Crippen molar-refractivity contribution < 1.29 is 9.84 Å². The summed E-state index contributed by atoms with van der Waals surface area (Å²) in [6, 6.07) is 16.1. The molecule has 122 valence electrons. The summed E-state index contributed by atoms with van der Waals surface area (Å²) in [5.74, 6) is 0.635. The Labute approximate surface area is 145 Å². The number of ether oxygens (including phenoxy) is 1. The molecular formula is C20H19NO2S. The summed E-state index contributed by atoms with van der Waals surface area (Å²) in [5, 5.41) is 15.2. The molecule has 2 heterocycles. The van der Waals surface area contributed by atoms with Gasteiger partial charge in [-0.3, -0.25) is 0 Å². The van der Waals surface area contributed by atoms with E-state index in [1.807, 2.05) is 55.6 Å². The number of benzene rings is 2. The van der Waals surface area contributed by atoms with Gasteiger partial charge in [0.25, 0.3) is 0 Å². The van der Waals surface area contributed by atoms with Crippen molar-refractivity contribution in [2.75, 3.05) is 6.61 Å². The van der Waals surface area contributed by atoms with Gasteiger partial charge in [-0.1, -0.05) is 42.5 Å². The van der Waals surface area contributed by atoms with E-state index < -0.39 is 6.10 Å². The average Bonchev–Trinajstić information content (AvgIpc) is 3.19. The summed E-state index contributed by atoms with van der Waals surface area (Å²) in [7, 11) is 0. The van der Waals surface area contributed by atoms with Gasteiger partial charge in [-0.05, 0) is 41.6 Å². The lowest BCUT2D eigenvalue weighted by Gasteiger charge is -2.14. The van der Waals surface area contributed by atoms with Crippen molar-refractivity contribution in [1.29, 1.82) is 0 Å². The quantitative estimate of drug-likeness (QED) is 0.762. The van der Waals surface area contributed by atoms with Gasteiger partial charge in [0.2, 0.25) is 5.90 Å². The minimum atomic E-state index is -0.693. The SMILES string of the molecule is CC1(C)COC(c2ccsc2C(O)c2cccc3ccccc23)=N1. The van der Waals surface area contributed by atoms with E-state index in [-0.39, 0.29) is 5.54 Å². The second kappa shape index (κ2) is 5.72. The predicted octanol–water partition coefficient (Wildman–Crippen LogP) is 4.54. The molecule has 4 rings (SSSR count). The van der Waals surface area contributed by atoms with Crippen LogP contribution in [0, 0.1) is 0 Å². The molecule has 1 aliphatic heterocycles. The fourth-order valence-electron chi connectivity index (χ4n) is 3.06. The third-order valence-corrected chi connectivity index (χ3v) is 5.23. The van der Waals surface area contributed by atoms with Gasteiger partial charge in [-0.2, -0.15) is 0 Å². The Balaban J connectivity index is 1.79. The number of nitrogens with zero attached hydrogens (tertiary/aromatic N) is 1. The van der Waals surface area contributed by atoms with Crippen LogP contribution in [0.3, 0.4) is 0 Å². The number of hydrogen-bond acceptors (Lipinski definition) is 4. The molecule has 0 aliphatic carbocycles. The highest BCUT2D eigenvalue weighted by Crippen LogP contribution is 2.35. The van der Waals surface area contributed by atoms with Crippen molar-refractivity contribution in [3.8, 4) is 0 Å². The molecule has 1 aromatic heterocycles. The van der Waals surface area contributed by atoms with Crippen LogP contribution in [-0.4, -0.2) is 23.2 Å². The normalized spacial score (nSPS) is 17.5. The summed E-state index contributed by atoms with van der Waals surface area (Å²) in [6.45, 7) is 4.67. The fraction of sp³-hybridized carbons (Fsp3) is 0.250. The molecule has 3 aromatic rings. The topological polar surface area (TPSA) is 41.8 Å². The summed E-state index contributed by atoms with van der Waals surface area (Å²) in [4.78, 5) is 5.53. The molecule has 1 aliphatic rings. The van der Waals surface area contributed by atoms with Gasteiger partial charge in [0.05, 0.1) is 16.0 Å². The summed E-state index contributed by atoms with van der Waals surface area (Å²) >= 11 is 1.54. The van der Waals surface area contributed by atoms with Crippen molar-refractivity contribution in [3.05, 3.63) is 69.9 Å². The highest BCUT2D eigenvalue weighted by atomic mass is 32.1. The third-order valence-electron chi connectivity index (χ3n) is 4.26. The molecule has 0 spiro atoms. The Bertz CT molecular complexity index is 921. The molecule has 4 heteroatoms. The van der Waals surface area contributed by atoms with Crippen LogP contribution in [0.2, 0.25) is 0 Å². The molecule has 0 saturated carbocycles. The van der Waals surface area contributed by atoms with Gasteiger partial charge < -0.3 is 9.84 Å². The number of thiophene rings is 1. The van der Waals surface area contributed by atoms with Crippen molar-refractivity contribution in [2.24, 2.45) is 4.99 Å². The standard InChI is InChI=1S/C20H19NO2S/c1-20(2)12-23-19(21-20)16-10-11-24-18(16)17(22)15-9-5-7-13-6-3-4-8-14(13)15/h3-11,17,22H,12H2,1-2H3. The molecular weight excluding hydrogens is 318 g/mol. The number of hydrogen-bond donors (Lipinski definition) is 1. The number of aliphatic hydroxyl groups excluding tert-OH is 1. The molecule has 0 bridgehead atoms. The maximum Gasteiger partial charge on any atom is 0.218 e. The molecule has 0 fully saturated rings. The van der Waals surface area contributed by atoms with Gasteiger partial charge in [-0.25, -0.2) is 4.99 Å². The van der Waals surface area contributed by atoms with Crippen LogP contribution in [-0.2, 0) is 4.74 Å².